The minimum Gasteiger partial charge on any atom is -0.477 e. The van der Waals surface area contributed by atoms with E-state index in [9.17, 15) is 18.4 Å². The summed E-state index contributed by atoms with van der Waals surface area (Å²) in [4.78, 5) is 26.9. The first-order valence-corrected chi connectivity index (χ1v) is 5.62. The first-order chi connectivity index (χ1) is 9.99. The molecule has 3 aromatic rings. The number of aromatic amines is 1. The van der Waals surface area contributed by atoms with Gasteiger partial charge in [0.25, 0.3) is 0 Å². The second-order valence-electron chi connectivity index (χ2n) is 4.14. The Labute approximate surface area is 114 Å². The maximum absolute atomic E-state index is 13.4. The van der Waals surface area contributed by atoms with E-state index in [0.29, 0.717) is 6.07 Å². The van der Waals surface area contributed by atoms with Crippen molar-refractivity contribution in [2.24, 2.45) is 0 Å². The number of aromatic nitrogens is 4. The average Bonchev–Trinajstić information content (AvgIpc) is 2.95. The Bertz CT molecular complexity index is 918. The van der Waals surface area contributed by atoms with Crippen LogP contribution >= 0.6 is 0 Å². The summed E-state index contributed by atoms with van der Waals surface area (Å²) in [5, 5.41) is 14.8. The van der Waals surface area contributed by atoms with Crippen molar-refractivity contribution in [3.8, 4) is 5.95 Å². The van der Waals surface area contributed by atoms with Crippen LogP contribution in [0, 0.1) is 11.6 Å². The van der Waals surface area contributed by atoms with Crippen molar-refractivity contribution in [1.82, 2.24) is 19.7 Å². The molecule has 106 valence electrons. The van der Waals surface area contributed by atoms with Gasteiger partial charge in [0.2, 0.25) is 11.4 Å². The average molecular weight is 292 g/mol. The van der Waals surface area contributed by atoms with Crippen molar-refractivity contribution >= 4 is 16.9 Å². The van der Waals surface area contributed by atoms with Crippen molar-refractivity contribution in [3.63, 3.8) is 0 Å². The fourth-order valence-corrected chi connectivity index (χ4v) is 1.96. The second kappa shape index (κ2) is 4.47. The summed E-state index contributed by atoms with van der Waals surface area (Å²) in [7, 11) is 0. The highest BCUT2D eigenvalue weighted by Gasteiger charge is 2.18. The highest BCUT2D eigenvalue weighted by Crippen LogP contribution is 2.19. The van der Waals surface area contributed by atoms with Crippen LogP contribution in [0.2, 0.25) is 0 Å². The summed E-state index contributed by atoms with van der Waals surface area (Å²) < 4.78 is 27.9. The van der Waals surface area contributed by atoms with Gasteiger partial charge in [-0.05, 0) is 6.07 Å². The molecule has 0 atom stereocenters. The van der Waals surface area contributed by atoms with Crippen LogP contribution in [0.3, 0.4) is 0 Å². The van der Waals surface area contributed by atoms with E-state index in [1.54, 1.807) is 0 Å². The van der Waals surface area contributed by atoms with Gasteiger partial charge in [-0.3, -0.25) is 9.36 Å². The quantitative estimate of drug-likeness (QED) is 0.736. The van der Waals surface area contributed by atoms with Gasteiger partial charge < -0.3 is 5.11 Å². The molecular weight excluding hydrogens is 286 g/mol. The smallest absolute Gasteiger partial charge is 0.341 e. The Hall–Kier alpha value is -3.10. The summed E-state index contributed by atoms with van der Waals surface area (Å²) in [6, 6.07) is 1.45. The van der Waals surface area contributed by atoms with Crippen LogP contribution in [0.1, 0.15) is 10.4 Å². The van der Waals surface area contributed by atoms with Gasteiger partial charge >= 0.3 is 5.97 Å². The Morgan fingerprint density at radius 2 is 2.00 bits per heavy atom. The van der Waals surface area contributed by atoms with Crippen LogP contribution < -0.4 is 5.43 Å². The third-order valence-corrected chi connectivity index (χ3v) is 2.91. The van der Waals surface area contributed by atoms with Gasteiger partial charge in [0.15, 0.2) is 11.6 Å². The molecule has 2 heterocycles. The molecule has 9 heteroatoms. The Balaban J connectivity index is 2.51. The lowest BCUT2D eigenvalue weighted by Crippen LogP contribution is -2.19. The van der Waals surface area contributed by atoms with Gasteiger partial charge in [0.05, 0.1) is 10.9 Å². The SMILES string of the molecule is O=C(O)c1cn(-c2ncn[nH]2)c2cc(F)c(F)cc2c1=O. The topological polar surface area (TPSA) is 101 Å². The lowest BCUT2D eigenvalue weighted by atomic mass is 10.1. The number of pyridine rings is 1. The molecule has 0 bridgehead atoms. The largest absolute Gasteiger partial charge is 0.477 e. The number of fused-ring (bicyclic) bond motifs is 1. The number of rotatable bonds is 2. The summed E-state index contributed by atoms with van der Waals surface area (Å²) in [5.41, 5.74) is -1.53. The highest BCUT2D eigenvalue weighted by atomic mass is 19.2. The second-order valence-corrected chi connectivity index (χ2v) is 4.14. The molecule has 0 saturated carbocycles. The molecule has 0 aliphatic rings. The van der Waals surface area contributed by atoms with Crippen molar-refractivity contribution in [2.45, 2.75) is 0 Å². The van der Waals surface area contributed by atoms with E-state index in [0.717, 1.165) is 23.2 Å². The van der Waals surface area contributed by atoms with Gasteiger partial charge in [-0.25, -0.2) is 18.7 Å². The molecule has 0 amide bonds. The zero-order valence-corrected chi connectivity index (χ0v) is 10.2. The minimum absolute atomic E-state index is 0.0272. The number of aromatic carboxylic acids is 1. The van der Waals surface area contributed by atoms with Crippen molar-refractivity contribution in [3.05, 3.63) is 52.1 Å². The summed E-state index contributed by atoms with van der Waals surface area (Å²) >= 11 is 0. The maximum atomic E-state index is 13.4. The van der Waals surface area contributed by atoms with Gasteiger partial charge in [-0.2, -0.15) is 10.1 Å². The van der Waals surface area contributed by atoms with Crippen molar-refractivity contribution in [1.29, 1.82) is 0 Å². The van der Waals surface area contributed by atoms with E-state index in [1.165, 1.54) is 0 Å². The molecule has 0 radical (unpaired) electrons. The first-order valence-electron chi connectivity index (χ1n) is 5.62. The van der Waals surface area contributed by atoms with Gasteiger partial charge in [-0.1, -0.05) is 0 Å². The monoisotopic (exact) mass is 292 g/mol. The predicted molar refractivity (Wildman–Crippen MR) is 66.4 cm³/mol. The lowest BCUT2D eigenvalue weighted by molar-refractivity contribution is 0.0695. The van der Waals surface area contributed by atoms with Crippen molar-refractivity contribution in [2.75, 3.05) is 0 Å². The molecule has 0 aliphatic carbocycles. The standard InChI is InChI=1S/C12H6F2N4O3/c13-7-1-5-9(2-8(7)14)18(12-15-4-16-17-12)3-6(10(5)19)11(20)21/h1-4H,(H,20,21)(H,15,16,17). The normalized spacial score (nSPS) is 11.0. The first kappa shape index (κ1) is 12.9. The molecule has 7 nitrogen and oxygen atoms in total. The number of benzene rings is 1. The van der Waals surface area contributed by atoms with Crippen molar-refractivity contribution < 1.29 is 18.7 Å². The van der Waals surface area contributed by atoms with Crippen LogP contribution in [0.4, 0.5) is 8.78 Å². The number of hydrogen-bond donors (Lipinski definition) is 2. The highest BCUT2D eigenvalue weighted by molar-refractivity contribution is 5.93. The molecule has 0 spiro atoms. The van der Waals surface area contributed by atoms with Gasteiger partial charge in [0.1, 0.15) is 11.9 Å². The van der Waals surface area contributed by atoms with Gasteiger partial charge in [-0.15, -0.1) is 0 Å². The number of nitrogens with one attached hydrogen (secondary N) is 1. The fraction of sp³-hybridized carbons (Fsp3) is 0. The van der Waals surface area contributed by atoms with E-state index < -0.39 is 28.6 Å². The number of carbonyl (C=O) groups is 1. The maximum Gasteiger partial charge on any atom is 0.341 e. The summed E-state index contributed by atoms with van der Waals surface area (Å²) in [6.07, 6.45) is 2.13. The Morgan fingerprint density at radius 1 is 1.29 bits per heavy atom. The number of halogens is 2. The van der Waals surface area contributed by atoms with E-state index >= 15 is 0 Å². The molecular formula is C12H6F2N4O3. The van der Waals surface area contributed by atoms with E-state index in [2.05, 4.69) is 15.2 Å². The zero-order chi connectivity index (χ0) is 15.1. The molecule has 2 N–H and O–H groups in total. The lowest BCUT2D eigenvalue weighted by Gasteiger charge is -2.09. The fourth-order valence-electron chi connectivity index (χ4n) is 1.96. The third-order valence-electron chi connectivity index (χ3n) is 2.91. The Morgan fingerprint density at radius 3 is 2.62 bits per heavy atom. The summed E-state index contributed by atoms with van der Waals surface area (Å²) in [6.45, 7) is 0. The van der Waals surface area contributed by atoms with E-state index in [4.69, 9.17) is 5.11 Å². The molecule has 0 aliphatic heterocycles. The molecule has 2 aromatic heterocycles. The molecule has 3 rings (SSSR count). The number of carboxylic acids is 1. The molecule has 0 unspecified atom stereocenters. The van der Waals surface area contributed by atoms with Crippen LogP contribution in [-0.4, -0.2) is 30.8 Å². The van der Waals surface area contributed by atoms with E-state index in [1.807, 2.05) is 0 Å². The van der Waals surface area contributed by atoms with Crippen LogP contribution in [0.25, 0.3) is 16.9 Å². The molecule has 21 heavy (non-hydrogen) atoms. The van der Waals surface area contributed by atoms with Gasteiger partial charge in [0, 0.05) is 12.3 Å². The van der Waals surface area contributed by atoms with Crippen LogP contribution in [0.15, 0.2) is 29.5 Å². The number of H-pyrrole nitrogens is 1. The Kier molecular flexibility index (Phi) is 2.75. The number of nitrogens with zero attached hydrogens (tertiary/aromatic N) is 3. The summed E-state index contributed by atoms with van der Waals surface area (Å²) in [5.74, 6) is -3.84. The third kappa shape index (κ3) is 1.95. The molecule has 0 fully saturated rings. The van der Waals surface area contributed by atoms with Crippen LogP contribution in [-0.2, 0) is 0 Å². The molecule has 0 saturated heterocycles. The minimum atomic E-state index is -1.49. The molecule has 1 aromatic carbocycles. The van der Waals surface area contributed by atoms with Crippen LogP contribution in [0.5, 0.6) is 0 Å². The zero-order valence-electron chi connectivity index (χ0n) is 10.2. The predicted octanol–water partition coefficient (Wildman–Crippen LogP) is 1.09. The number of hydrogen-bond acceptors (Lipinski definition) is 4. The van der Waals surface area contributed by atoms with E-state index in [-0.39, 0.29) is 16.9 Å². The number of carboxylic acid groups (broad SMARTS) is 1.